The van der Waals surface area contributed by atoms with Crippen LogP contribution in [0.15, 0.2) is 48.5 Å². The molecule has 148 valence electrons. The molecule has 1 unspecified atom stereocenters. The minimum atomic E-state index is -0.481. The van der Waals surface area contributed by atoms with Gasteiger partial charge in [-0.3, -0.25) is 5.32 Å². The highest BCUT2D eigenvalue weighted by atomic mass is 16.7. The molecule has 1 aliphatic heterocycles. The molecule has 0 aliphatic carbocycles. The van der Waals surface area contributed by atoms with Crippen LogP contribution in [0.2, 0.25) is 0 Å². The zero-order valence-corrected chi connectivity index (χ0v) is 17.4. The molecule has 1 saturated heterocycles. The highest BCUT2D eigenvalue weighted by molar-refractivity contribution is 6.62. The normalized spacial score (nSPS) is 21.0. The number of hydrogen-bond acceptors (Lipinski definition) is 4. The van der Waals surface area contributed by atoms with Gasteiger partial charge in [-0.2, -0.15) is 0 Å². The van der Waals surface area contributed by atoms with Gasteiger partial charge in [0.2, 0.25) is 0 Å². The Morgan fingerprint density at radius 2 is 1.50 bits per heavy atom. The van der Waals surface area contributed by atoms with Crippen molar-refractivity contribution < 1.29 is 18.8 Å². The van der Waals surface area contributed by atoms with Crippen molar-refractivity contribution in [2.45, 2.75) is 45.8 Å². The zero-order valence-electron chi connectivity index (χ0n) is 17.4. The maximum atomic E-state index is 11.3. The molecule has 28 heavy (non-hydrogen) atoms. The van der Waals surface area contributed by atoms with Gasteiger partial charge in [-0.1, -0.05) is 50.2 Å². The van der Waals surface area contributed by atoms with Crippen molar-refractivity contribution in [3.05, 3.63) is 48.5 Å². The number of hydrogen-bond donors (Lipinski definition) is 1. The predicted octanol–water partition coefficient (Wildman–Crippen LogP) is 4.47. The molecule has 0 aromatic heterocycles. The van der Waals surface area contributed by atoms with E-state index < -0.39 is 6.09 Å². The monoisotopic (exact) mass is 381 g/mol. The SMILES string of the molecule is COC(=O)Nc1ccc(-c2ccc(B3OC(C)(C)C(C)(C(C)C)O3)cc2)cc1. The van der Waals surface area contributed by atoms with Gasteiger partial charge in [0.1, 0.15) is 0 Å². The average Bonchev–Trinajstić information content (AvgIpc) is 2.93. The number of benzene rings is 2. The Labute approximate surface area is 167 Å². The summed E-state index contributed by atoms with van der Waals surface area (Å²) in [6.07, 6.45) is -0.481. The lowest BCUT2D eigenvalue weighted by atomic mass is 9.78. The predicted molar refractivity (Wildman–Crippen MR) is 113 cm³/mol. The van der Waals surface area contributed by atoms with Gasteiger partial charge in [0.15, 0.2) is 0 Å². The fourth-order valence-electron chi connectivity index (χ4n) is 3.49. The minimum Gasteiger partial charge on any atom is -0.453 e. The van der Waals surface area contributed by atoms with Crippen LogP contribution in [-0.2, 0) is 14.0 Å². The van der Waals surface area contributed by atoms with Crippen molar-refractivity contribution in [2.24, 2.45) is 5.92 Å². The molecular weight excluding hydrogens is 353 g/mol. The van der Waals surface area contributed by atoms with Crippen LogP contribution in [0.4, 0.5) is 10.5 Å². The third kappa shape index (κ3) is 3.80. The molecule has 1 atom stereocenters. The maximum Gasteiger partial charge on any atom is 0.494 e. The Bertz CT molecular complexity index is 833. The number of amides is 1. The Morgan fingerprint density at radius 1 is 0.964 bits per heavy atom. The number of nitrogens with one attached hydrogen (secondary N) is 1. The van der Waals surface area contributed by atoms with Crippen LogP contribution in [0, 0.1) is 5.92 Å². The van der Waals surface area contributed by atoms with Gasteiger partial charge in [-0.15, -0.1) is 0 Å². The summed E-state index contributed by atoms with van der Waals surface area (Å²) in [6, 6.07) is 15.8. The van der Waals surface area contributed by atoms with Crippen molar-refractivity contribution in [3.8, 4) is 11.1 Å². The summed E-state index contributed by atoms with van der Waals surface area (Å²) >= 11 is 0. The Morgan fingerprint density at radius 3 is 1.96 bits per heavy atom. The summed E-state index contributed by atoms with van der Waals surface area (Å²) in [4.78, 5) is 11.3. The number of ether oxygens (including phenoxy) is 1. The number of methoxy groups -OCH3 is 1. The minimum absolute atomic E-state index is 0.337. The summed E-state index contributed by atoms with van der Waals surface area (Å²) < 4.78 is 17.2. The van der Waals surface area contributed by atoms with Gasteiger partial charge in [0.05, 0.1) is 18.3 Å². The molecule has 1 heterocycles. The van der Waals surface area contributed by atoms with Crippen LogP contribution in [0.25, 0.3) is 11.1 Å². The summed E-state index contributed by atoms with van der Waals surface area (Å²) in [6.45, 7) is 10.6. The molecule has 0 saturated carbocycles. The first-order valence-corrected chi connectivity index (χ1v) is 9.57. The first-order valence-electron chi connectivity index (χ1n) is 9.57. The maximum absolute atomic E-state index is 11.3. The first kappa shape index (κ1) is 20.4. The number of rotatable bonds is 4. The second-order valence-corrected chi connectivity index (χ2v) is 8.16. The number of carbonyl (C=O) groups excluding carboxylic acids is 1. The standard InChI is InChI=1S/C22H28BNO4/c1-15(2)22(5)21(3,4)27-23(28-22)18-11-7-16(8-12-18)17-9-13-19(14-10-17)24-20(25)26-6/h7-15H,1-6H3,(H,24,25). The van der Waals surface area contributed by atoms with Crippen LogP contribution in [0.3, 0.4) is 0 Å². The molecule has 1 aliphatic rings. The van der Waals surface area contributed by atoms with E-state index in [-0.39, 0.29) is 18.3 Å². The van der Waals surface area contributed by atoms with Gasteiger partial charge in [-0.05, 0) is 55.4 Å². The van der Waals surface area contributed by atoms with Crippen LogP contribution in [0.5, 0.6) is 0 Å². The lowest BCUT2D eigenvalue weighted by molar-refractivity contribution is -0.0435. The molecular formula is C22H28BNO4. The van der Waals surface area contributed by atoms with Crippen molar-refractivity contribution in [1.29, 1.82) is 0 Å². The molecule has 0 bridgehead atoms. The van der Waals surface area contributed by atoms with Crippen LogP contribution >= 0.6 is 0 Å². The Kier molecular flexibility index (Phi) is 5.55. The second-order valence-electron chi connectivity index (χ2n) is 8.16. The Balaban J connectivity index is 1.75. The van der Waals surface area contributed by atoms with Gasteiger partial charge in [0.25, 0.3) is 0 Å². The van der Waals surface area contributed by atoms with Gasteiger partial charge < -0.3 is 14.0 Å². The average molecular weight is 381 g/mol. The summed E-state index contributed by atoms with van der Waals surface area (Å²) in [5.74, 6) is 0.337. The van der Waals surface area contributed by atoms with Crippen molar-refractivity contribution in [1.82, 2.24) is 0 Å². The van der Waals surface area contributed by atoms with E-state index in [0.29, 0.717) is 11.6 Å². The van der Waals surface area contributed by atoms with E-state index in [4.69, 9.17) is 9.31 Å². The molecule has 2 aromatic carbocycles. The van der Waals surface area contributed by atoms with Crippen LogP contribution in [-0.4, -0.2) is 31.5 Å². The lowest BCUT2D eigenvalue weighted by Crippen LogP contribution is -2.48. The quantitative estimate of drug-likeness (QED) is 0.795. The zero-order chi connectivity index (χ0) is 20.5. The first-order chi connectivity index (χ1) is 13.2. The Hall–Kier alpha value is -2.31. The molecule has 5 nitrogen and oxygen atoms in total. The van der Waals surface area contributed by atoms with Crippen molar-refractivity contribution >= 4 is 24.4 Å². The van der Waals surface area contributed by atoms with Crippen LogP contribution < -0.4 is 10.8 Å². The van der Waals surface area contributed by atoms with Gasteiger partial charge in [-0.25, -0.2) is 4.79 Å². The summed E-state index contributed by atoms with van der Waals surface area (Å²) in [7, 11) is 0.969. The summed E-state index contributed by atoms with van der Waals surface area (Å²) in [5.41, 5.74) is 3.12. The van der Waals surface area contributed by atoms with E-state index in [1.165, 1.54) is 7.11 Å². The van der Waals surface area contributed by atoms with Crippen molar-refractivity contribution in [2.75, 3.05) is 12.4 Å². The largest absolute Gasteiger partial charge is 0.494 e. The third-order valence-corrected chi connectivity index (χ3v) is 5.88. The number of carbonyl (C=O) groups is 1. The lowest BCUT2D eigenvalue weighted by Gasteiger charge is -2.39. The highest BCUT2D eigenvalue weighted by Gasteiger charge is 2.55. The molecule has 3 rings (SSSR count). The summed E-state index contributed by atoms with van der Waals surface area (Å²) in [5, 5.41) is 2.65. The molecule has 0 radical (unpaired) electrons. The van der Waals surface area contributed by atoms with Crippen LogP contribution in [0.1, 0.15) is 34.6 Å². The molecule has 1 amide bonds. The van der Waals surface area contributed by atoms with E-state index in [1.54, 1.807) is 0 Å². The molecule has 6 heteroatoms. The molecule has 0 spiro atoms. The second kappa shape index (κ2) is 7.61. The van der Waals surface area contributed by atoms with E-state index in [1.807, 2.05) is 36.4 Å². The van der Waals surface area contributed by atoms with Gasteiger partial charge in [0, 0.05) is 5.69 Å². The molecule has 2 aromatic rings. The topological polar surface area (TPSA) is 56.8 Å². The van der Waals surface area contributed by atoms with E-state index in [0.717, 1.165) is 16.6 Å². The highest BCUT2D eigenvalue weighted by Crippen LogP contribution is 2.42. The smallest absolute Gasteiger partial charge is 0.453 e. The van der Waals surface area contributed by atoms with E-state index >= 15 is 0 Å². The third-order valence-electron chi connectivity index (χ3n) is 5.88. The molecule has 1 N–H and O–H groups in total. The van der Waals surface area contributed by atoms with Crippen molar-refractivity contribution in [3.63, 3.8) is 0 Å². The van der Waals surface area contributed by atoms with E-state index in [9.17, 15) is 4.79 Å². The van der Waals surface area contributed by atoms with Gasteiger partial charge >= 0.3 is 13.2 Å². The fraction of sp³-hybridized carbons (Fsp3) is 0.409. The molecule has 1 fully saturated rings. The fourth-order valence-corrected chi connectivity index (χ4v) is 3.49. The van der Waals surface area contributed by atoms with E-state index in [2.05, 4.69) is 56.8 Å². The number of anilines is 1.